The molecule has 0 aromatic heterocycles. The number of nitrogens with zero attached hydrogens (tertiary/aromatic N) is 2. The number of carbonyl (C=O) groups excluding carboxylic acids is 1. The molecule has 0 spiro atoms. The Bertz CT molecular complexity index is 498. The van der Waals surface area contributed by atoms with Gasteiger partial charge in [0.05, 0.1) is 0 Å². The van der Waals surface area contributed by atoms with E-state index in [1.54, 1.807) is 4.90 Å². The van der Waals surface area contributed by atoms with Crippen LogP contribution < -0.4 is 4.90 Å². The van der Waals surface area contributed by atoms with E-state index in [4.69, 9.17) is 0 Å². The van der Waals surface area contributed by atoms with E-state index in [0.29, 0.717) is 25.4 Å². The molecule has 1 saturated heterocycles. The second kappa shape index (κ2) is 6.10. The van der Waals surface area contributed by atoms with E-state index in [9.17, 15) is 13.6 Å². The van der Waals surface area contributed by atoms with Gasteiger partial charge in [-0.2, -0.15) is 0 Å². The summed E-state index contributed by atoms with van der Waals surface area (Å²) in [4.78, 5) is 14.8. The van der Waals surface area contributed by atoms with Crippen LogP contribution in [-0.2, 0) is 0 Å². The highest BCUT2D eigenvalue weighted by Crippen LogP contribution is 2.28. The lowest BCUT2D eigenvalue weighted by Gasteiger charge is -2.39. The highest BCUT2D eigenvalue weighted by atomic mass is 19.1. The number of halogens is 2. The maximum atomic E-state index is 14.0. The average molecular weight is 294 g/mol. The summed E-state index contributed by atoms with van der Waals surface area (Å²) in [5.74, 6) is -1.29. The first kappa shape index (κ1) is 14.4. The predicted molar refractivity (Wildman–Crippen MR) is 77.8 cm³/mol. The lowest BCUT2D eigenvalue weighted by atomic mass is 10.1. The smallest absolute Gasteiger partial charge is 0.150 e. The molecule has 1 saturated carbocycles. The fourth-order valence-corrected chi connectivity index (χ4v) is 3.54. The van der Waals surface area contributed by atoms with Crippen LogP contribution in [0.2, 0.25) is 0 Å². The molecule has 0 N–H and O–H groups in total. The van der Waals surface area contributed by atoms with Crippen LogP contribution in [-0.4, -0.2) is 43.4 Å². The second-order valence-corrected chi connectivity index (χ2v) is 5.91. The number of benzene rings is 1. The summed E-state index contributed by atoms with van der Waals surface area (Å²) in [6.45, 7) is 2.95. The van der Waals surface area contributed by atoms with Crippen molar-refractivity contribution in [1.29, 1.82) is 0 Å². The third-order valence-corrected chi connectivity index (χ3v) is 4.65. The van der Waals surface area contributed by atoms with Crippen molar-refractivity contribution in [1.82, 2.24) is 4.90 Å². The topological polar surface area (TPSA) is 23.6 Å². The van der Waals surface area contributed by atoms with Gasteiger partial charge in [-0.1, -0.05) is 12.8 Å². The predicted octanol–water partition coefficient (Wildman–Crippen LogP) is 2.84. The number of rotatable bonds is 3. The van der Waals surface area contributed by atoms with Gasteiger partial charge < -0.3 is 4.90 Å². The summed E-state index contributed by atoms with van der Waals surface area (Å²) in [7, 11) is 0. The van der Waals surface area contributed by atoms with E-state index >= 15 is 0 Å². The van der Waals surface area contributed by atoms with Crippen molar-refractivity contribution in [2.24, 2.45) is 0 Å². The Hall–Kier alpha value is -1.49. The normalized spacial score (nSPS) is 21.0. The minimum absolute atomic E-state index is 0.00618. The summed E-state index contributed by atoms with van der Waals surface area (Å²) >= 11 is 0. The van der Waals surface area contributed by atoms with E-state index in [1.165, 1.54) is 25.7 Å². The molecule has 1 aliphatic heterocycles. The van der Waals surface area contributed by atoms with Crippen molar-refractivity contribution in [3.05, 3.63) is 29.3 Å². The SMILES string of the molecule is O=Cc1cc(F)c(N2CCN(C3CCCC3)CC2)c(F)c1. The molecule has 5 heteroatoms. The third kappa shape index (κ3) is 2.93. The Balaban J connectivity index is 1.70. The molecule has 21 heavy (non-hydrogen) atoms. The molecule has 0 radical (unpaired) electrons. The molecular formula is C16H20F2N2O. The van der Waals surface area contributed by atoms with Gasteiger partial charge in [-0.15, -0.1) is 0 Å². The van der Waals surface area contributed by atoms with Crippen LogP contribution in [0.25, 0.3) is 0 Å². The fraction of sp³-hybridized carbons (Fsp3) is 0.562. The zero-order valence-electron chi connectivity index (χ0n) is 12.0. The molecule has 0 unspecified atom stereocenters. The lowest BCUT2D eigenvalue weighted by molar-refractivity contribution is 0.112. The van der Waals surface area contributed by atoms with Crippen molar-refractivity contribution in [2.75, 3.05) is 31.1 Å². The molecule has 3 nitrogen and oxygen atoms in total. The minimum Gasteiger partial charge on any atom is -0.364 e. The van der Waals surface area contributed by atoms with Crippen LogP contribution in [0.3, 0.4) is 0 Å². The van der Waals surface area contributed by atoms with Crippen LogP contribution in [0.1, 0.15) is 36.0 Å². The van der Waals surface area contributed by atoms with Gasteiger partial charge in [0.15, 0.2) is 0 Å². The first-order chi connectivity index (χ1) is 10.2. The van der Waals surface area contributed by atoms with E-state index in [2.05, 4.69) is 4.90 Å². The average Bonchev–Trinajstić information content (AvgIpc) is 3.01. The lowest BCUT2D eigenvalue weighted by Crippen LogP contribution is -2.50. The quantitative estimate of drug-likeness (QED) is 0.801. The molecule has 3 rings (SSSR count). The largest absolute Gasteiger partial charge is 0.364 e. The third-order valence-electron chi connectivity index (χ3n) is 4.65. The summed E-state index contributed by atoms with van der Waals surface area (Å²) < 4.78 is 28.1. The van der Waals surface area contributed by atoms with Gasteiger partial charge in [0, 0.05) is 37.8 Å². The molecular weight excluding hydrogens is 274 g/mol. The number of anilines is 1. The molecule has 1 aromatic carbocycles. The van der Waals surface area contributed by atoms with Gasteiger partial charge in [0.25, 0.3) is 0 Å². The first-order valence-corrected chi connectivity index (χ1v) is 7.62. The Morgan fingerprint density at radius 3 is 2.10 bits per heavy atom. The molecule has 1 aliphatic carbocycles. The minimum atomic E-state index is -0.647. The Morgan fingerprint density at radius 1 is 1.00 bits per heavy atom. The van der Waals surface area contributed by atoms with E-state index < -0.39 is 11.6 Å². The maximum absolute atomic E-state index is 14.0. The van der Waals surface area contributed by atoms with E-state index in [1.807, 2.05) is 0 Å². The molecule has 0 bridgehead atoms. The van der Waals surface area contributed by atoms with Crippen LogP contribution in [0, 0.1) is 11.6 Å². The molecule has 1 aromatic rings. The zero-order chi connectivity index (χ0) is 14.8. The number of aldehydes is 1. The van der Waals surface area contributed by atoms with Gasteiger partial charge in [0.1, 0.15) is 23.6 Å². The number of hydrogen-bond acceptors (Lipinski definition) is 3. The van der Waals surface area contributed by atoms with Crippen molar-refractivity contribution < 1.29 is 13.6 Å². The molecule has 0 atom stereocenters. The summed E-state index contributed by atoms with van der Waals surface area (Å²) in [5, 5.41) is 0. The Kier molecular flexibility index (Phi) is 4.19. The van der Waals surface area contributed by atoms with Gasteiger partial charge in [-0.25, -0.2) is 8.78 Å². The number of hydrogen-bond donors (Lipinski definition) is 0. The van der Waals surface area contributed by atoms with Crippen molar-refractivity contribution in [3.63, 3.8) is 0 Å². The van der Waals surface area contributed by atoms with E-state index in [-0.39, 0.29) is 11.3 Å². The Labute approximate surface area is 123 Å². The molecule has 2 aliphatic rings. The fourth-order valence-electron chi connectivity index (χ4n) is 3.54. The van der Waals surface area contributed by atoms with E-state index in [0.717, 1.165) is 25.2 Å². The molecule has 114 valence electrons. The van der Waals surface area contributed by atoms with Gasteiger partial charge >= 0.3 is 0 Å². The van der Waals surface area contributed by atoms with Crippen molar-refractivity contribution >= 4 is 12.0 Å². The summed E-state index contributed by atoms with van der Waals surface area (Å²) in [5.41, 5.74) is 0.0463. The van der Waals surface area contributed by atoms with Gasteiger partial charge in [-0.3, -0.25) is 9.69 Å². The highest BCUT2D eigenvalue weighted by Gasteiger charge is 2.28. The maximum Gasteiger partial charge on any atom is 0.150 e. The van der Waals surface area contributed by atoms with Gasteiger partial charge in [-0.05, 0) is 25.0 Å². The number of piperazine rings is 1. The summed E-state index contributed by atoms with van der Waals surface area (Å²) in [6, 6.07) is 2.86. The van der Waals surface area contributed by atoms with Crippen LogP contribution >= 0.6 is 0 Å². The summed E-state index contributed by atoms with van der Waals surface area (Å²) in [6.07, 6.45) is 5.55. The molecule has 1 heterocycles. The van der Waals surface area contributed by atoms with Crippen molar-refractivity contribution in [2.45, 2.75) is 31.7 Å². The second-order valence-electron chi connectivity index (χ2n) is 5.91. The van der Waals surface area contributed by atoms with Crippen molar-refractivity contribution in [3.8, 4) is 0 Å². The standard InChI is InChI=1S/C16H20F2N2O/c17-14-9-12(11-21)10-15(18)16(14)20-7-5-19(6-8-20)13-3-1-2-4-13/h9-11,13H,1-8H2. The highest BCUT2D eigenvalue weighted by molar-refractivity contribution is 5.76. The molecule has 0 amide bonds. The Morgan fingerprint density at radius 2 is 1.57 bits per heavy atom. The van der Waals surface area contributed by atoms with Crippen LogP contribution in [0.5, 0.6) is 0 Å². The van der Waals surface area contributed by atoms with Crippen LogP contribution in [0.4, 0.5) is 14.5 Å². The monoisotopic (exact) mass is 294 g/mol. The van der Waals surface area contributed by atoms with Gasteiger partial charge in [0.2, 0.25) is 0 Å². The zero-order valence-corrected chi connectivity index (χ0v) is 12.0. The first-order valence-electron chi connectivity index (χ1n) is 7.62. The van der Waals surface area contributed by atoms with Crippen LogP contribution in [0.15, 0.2) is 12.1 Å². The molecule has 2 fully saturated rings. The number of carbonyl (C=O) groups is 1.